The molecule has 0 saturated heterocycles. The zero-order chi connectivity index (χ0) is 16.5. The Morgan fingerprint density at radius 3 is 2.55 bits per heavy atom. The van der Waals surface area contributed by atoms with Gasteiger partial charge in [0.25, 0.3) is 5.91 Å². The van der Waals surface area contributed by atoms with Gasteiger partial charge in [-0.3, -0.25) is 4.79 Å². The molecule has 1 amide bonds. The molecule has 0 heterocycles. The molecule has 4 N–H and O–H groups in total. The highest BCUT2D eigenvalue weighted by Gasteiger charge is 2.17. The number of hydrogen-bond donors (Lipinski definition) is 4. The van der Waals surface area contributed by atoms with Gasteiger partial charge in [-0.2, -0.15) is 5.26 Å². The van der Waals surface area contributed by atoms with Gasteiger partial charge in [-0.05, 0) is 18.2 Å². The average Bonchev–Trinajstić information content (AvgIpc) is 2.50. The molecule has 1 aromatic rings. The van der Waals surface area contributed by atoms with Gasteiger partial charge in [0.1, 0.15) is 17.4 Å². The second kappa shape index (κ2) is 8.89. The molecule has 0 spiro atoms. The maximum Gasteiger partial charge on any atom is 0.266 e. The van der Waals surface area contributed by atoms with Crippen LogP contribution in [0.4, 0.5) is 5.69 Å². The van der Waals surface area contributed by atoms with Crippen LogP contribution in [0.5, 0.6) is 5.75 Å². The van der Waals surface area contributed by atoms with E-state index in [1.165, 1.54) is 18.2 Å². The standard InChI is InChI=1S/C14H16ClN3O4/c15-11-1-2-13(21)12(7-11)17-9-10(8-16)14(22)18(3-5-19)4-6-20/h1-2,7,9,17,19-21H,3-6H2/b10-9-. The molecule has 118 valence electrons. The Labute approximate surface area is 132 Å². The zero-order valence-corrected chi connectivity index (χ0v) is 12.4. The predicted octanol–water partition coefficient (Wildman–Crippen LogP) is 0.678. The molecule has 8 heteroatoms. The molecule has 0 fully saturated rings. The number of anilines is 1. The molecular weight excluding hydrogens is 310 g/mol. The number of halogens is 1. The smallest absolute Gasteiger partial charge is 0.266 e. The summed E-state index contributed by atoms with van der Waals surface area (Å²) < 4.78 is 0. The van der Waals surface area contributed by atoms with Crippen LogP contribution in [0.3, 0.4) is 0 Å². The Bertz CT molecular complexity index is 592. The molecule has 1 rings (SSSR count). The first-order valence-corrected chi connectivity index (χ1v) is 6.77. The predicted molar refractivity (Wildman–Crippen MR) is 81.2 cm³/mol. The lowest BCUT2D eigenvalue weighted by molar-refractivity contribution is -0.127. The van der Waals surface area contributed by atoms with Crippen molar-refractivity contribution in [3.8, 4) is 11.8 Å². The third kappa shape index (κ3) is 4.93. The van der Waals surface area contributed by atoms with E-state index in [0.717, 1.165) is 11.1 Å². The number of aliphatic hydroxyl groups excluding tert-OH is 2. The molecule has 0 unspecified atom stereocenters. The summed E-state index contributed by atoms with van der Waals surface area (Å²) in [5.74, 6) is -0.729. The van der Waals surface area contributed by atoms with Gasteiger partial charge in [0.15, 0.2) is 0 Å². The Balaban J connectivity index is 2.92. The third-order valence-electron chi connectivity index (χ3n) is 2.71. The summed E-state index contributed by atoms with van der Waals surface area (Å²) in [6, 6.07) is 6.03. The van der Waals surface area contributed by atoms with E-state index >= 15 is 0 Å². The molecule has 0 saturated carbocycles. The summed E-state index contributed by atoms with van der Waals surface area (Å²) in [5.41, 5.74) is 0.00481. The quantitative estimate of drug-likeness (QED) is 0.333. The van der Waals surface area contributed by atoms with Crippen LogP contribution in [0.25, 0.3) is 0 Å². The number of nitrogens with zero attached hydrogens (tertiary/aromatic N) is 2. The molecule has 1 aromatic carbocycles. The fraction of sp³-hybridized carbons (Fsp3) is 0.286. The topological polar surface area (TPSA) is 117 Å². The van der Waals surface area contributed by atoms with E-state index in [2.05, 4.69) is 5.32 Å². The van der Waals surface area contributed by atoms with Crippen LogP contribution in [0.2, 0.25) is 5.02 Å². The number of carbonyl (C=O) groups is 1. The van der Waals surface area contributed by atoms with E-state index in [4.69, 9.17) is 27.1 Å². The third-order valence-corrected chi connectivity index (χ3v) is 2.94. The SMILES string of the molecule is N#C/C(=C/Nc1cc(Cl)ccc1O)C(=O)N(CCO)CCO. The van der Waals surface area contributed by atoms with Gasteiger partial charge in [0, 0.05) is 24.3 Å². The lowest BCUT2D eigenvalue weighted by Gasteiger charge is -2.20. The first-order valence-electron chi connectivity index (χ1n) is 6.39. The van der Waals surface area contributed by atoms with E-state index in [1.807, 2.05) is 0 Å². The van der Waals surface area contributed by atoms with Crippen molar-refractivity contribution >= 4 is 23.2 Å². The number of rotatable bonds is 7. The molecule has 0 aliphatic carbocycles. The summed E-state index contributed by atoms with van der Waals surface area (Å²) in [4.78, 5) is 13.3. The maximum absolute atomic E-state index is 12.1. The lowest BCUT2D eigenvalue weighted by Crippen LogP contribution is -2.36. The van der Waals surface area contributed by atoms with Gasteiger partial charge in [0.05, 0.1) is 18.9 Å². The normalized spacial score (nSPS) is 10.9. The van der Waals surface area contributed by atoms with Crippen LogP contribution >= 0.6 is 11.6 Å². The van der Waals surface area contributed by atoms with E-state index in [9.17, 15) is 9.90 Å². The monoisotopic (exact) mass is 325 g/mol. The molecule has 0 aromatic heterocycles. The van der Waals surface area contributed by atoms with Crippen LogP contribution < -0.4 is 5.32 Å². The van der Waals surface area contributed by atoms with E-state index in [-0.39, 0.29) is 43.3 Å². The van der Waals surface area contributed by atoms with E-state index in [1.54, 1.807) is 6.07 Å². The Morgan fingerprint density at radius 1 is 1.36 bits per heavy atom. The van der Waals surface area contributed by atoms with Crippen molar-refractivity contribution in [3.05, 3.63) is 35.0 Å². The minimum absolute atomic E-state index is 0.000822. The van der Waals surface area contributed by atoms with Crippen LogP contribution in [0.15, 0.2) is 30.0 Å². The summed E-state index contributed by atoms with van der Waals surface area (Å²) in [6.45, 7) is -0.568. The first kappa shape index (κ1) is 17.8. The minimum Gasteiger partial charge on any atom is -0.506 e. The Kier molecular flexibility index (Phi) is 7.19. The number of benzene rings is 1. The summed E-state index contributed by atoms with van der Waals surface area (Å²) in [5, 5.41) is 39.5. The van der Waals surface area contributed by atoms with E-state index < -0.39 is 5.91 Å². The van der Waals surface area contributed by atoms with Gasteiger partial charge in [-0.25, -0.2) is 0 Å². The molecule has 22 heavy (non-hydrogen) atoms. The number of amides is 1. The summed E-state index contributed by atoms with van der Waals surface area (Å²) >= 11 is 5.79. The second-order valence-electron chi connectivity index (χ2n) is 4.22. The van der Waals surface area contributed by atoms with Crippen molar-refractivity contribution in [2.24, 2.45) is 0 Å². The number of hydrogen-bond acceptors (Lipinski definition) is 6. The zero-order valence-electron chi connectivity index (χ0n) is 11.7. The average molecular weight is 326 g/mol. The number of phenols is 1. The summed E-state index contributed by atoms with van der Waals surface area (Å²) in [7, 11) is 0. The summed E-state index contributed by atoms with van der Waals surface area (Å²) in [6.07, 6.45) is 1.13. The Hall–Kier alpha value is -2.27. The number of aromatic hydroxyl groups is 1. The Morgan fingerprint density at radius 2 is 2.00 bits per heavy atom. The molecule has 0 bridgehead atoms. The van der Waals surface area contributed by atoms with Crippen molar-refractivity contribution in [1.29, 1.82) is 5.26 Å². The van der Waals surface area contributed by atoms with Crippen LogP contribution in [-0.2, 0) is 4.79 Å². The number of nitriles is 1. The highest BCUT2D eigenvalue weighted by molar-refractivity contribution is 6.30. The van der Waals surface area contributed by atoms with Gasteiger partial charge in [0.2, 0.25) is 0 Å². The van der Waals surface area contributed by atoms with Crippen molar-refractivity contribution in [1.82, 2.24) is 4.90 Å². The fourth-order valence-electron chi connectivity index (χ4n) is 1.64. The molecule has 0 radical (unpaired) electrons. The fourth-order valence-corrected chi connectivity index (χ4v) is 1.81. The number of phenolic OH excluding ortho intramolecular Hbond substituents is 1. The van der Waals surface area contributed by atoms with Gasteiger partial charge >= 0.3 is 0 Å². The number of nitrogens with one attached hydrogen (secondary N) is 1. The van der Waals surface area contributed by atoms with Crippen LogP contribution in [-0.4, -0.2) is 52.4 Å². The first-order chi connectivity index (χ1) is 10.5. The van der Waals surface area contributed by atoms with Crippen LogP contribution in [0, 0.1) is 11.3 Å². The van der Waals surface area contributed by atoms with Gasteiger partial charge in [-0.1, -0.05) is 11.6 Å². The van der Waals surface area contributed by atoms with E-state index in [0.29, 0.717) is 5.02 Å². The number of aliphatic hydroxyl groups is 2. The molecule has 0 atom stereocenters. The van der Waals surface area contributed by atoms with Crippen molar-refractivity contribution in [3.63, 3.8) is 0 Å². The molecular formula is C14H16ClN3O4. The van der Waals surface area contributed by atoms with Crippen molar-refractivity contribution in [2.75, 3.05) is 31.6 Å². The largest absolute Gasteiger partial charge is 0.506 e. The number of carbonyl (C=O) groups excluding carboxylic acids is 1. The minimum atomic E-state index is -0.639. The van der Waals surface area contributed by atoms with Crippen LogP contribution in [0.1, 0.15) is 0 Å². The highest BCUT2D eigenvalue weighted by atomic mass is 35.5. The van der Waals surface area contributed by atoms with Gasteiger partial charge < -0.3 is 25.5 Å². The van der Waals surface area contributed by atoms with Crippen molar-refractivity contribution in [2.45, 2.75) is 0 Å². The maximum atomic E-state index is 12.1. The molecule has 7 nitrogen and oxygen atoms in total. The molecule has 0 aliphatic heterocycles. The molecule has 0 aliphatic rings. The second-order valence-corrected chi connectivity index (χ2v) is 4.65. The highest BCUT2D eigenvalue weighted by Crippen LogP contribution is 2.26. The van der Waals surface area contributed by atoms with Crippen molar-refractivity contribution < 1.29 is 20.1 Å². The van der Waals surface area contributed by atoms with Gasteiger partial charge in [-0.15, -0.1) is 0 Å². The lowest BCUT2D eigenvalue weighted by atomic mass is 10.2.